The summed E-state index contributed by atoms with van der Waals surface area (Å²) in [6.07, 6.45) is 1.51. The molecule has 6 heteroatoms. The molecular formula is C14H17IN2O3. The Morgan fingerprint density at radius 3 is 2.65 bits per heavy atom. The molecule has 0 aromatic heterocycles. The molecule has 2 amide bonds. The van der Waals surface area contributed by atoms with Crippen LogP contribution in [0.4, 0.5) is 0 Å². The van der Waals surface area contributed by atoms with Gasteiger partial charge in [0.05, 0.1) is 0 Å². The van der Waals surface area contributed by atoms with Gasteiger partial charge in [-0.15, -0.1) is 0 Å². The molecule has 3 N–H and O–H groups in total. The third-order valence-electron chi connectivity index (χ3n) is 3.24. The Balaban J connectivity index is 1.98. The van der Waals surface area contributed by atoms with Gasteiger partial charge >= 0.3 is 0 Å². The molecule has 20 heavy (non-hydrogen) atoms. The Hall–Kier alpha value is -1.15. The third kappa shape index (κ3) is 4.17. The number of hydrogen-bond donors (Lipinski definition) is 2. The van der Waals surface area contributed by atoms with Gasteiger partial charge in [0.25, 0.3) is 0 Å². The van der Waals surface area contributed by atoms with Crippen LogP contribution in [0.5, 0.6) is 0 Å². The first-order chi connectivity index (χ1) is 9.56. The van der Waals surface area contributed by atoms with E-state index in [4.69, 9.17) is 10.5 Å². The van der Waals surface area contributed by atoms with Gasteiger partial charge in [0.2, 0.25) is 11.8 Å². The zero-order chi connectivity index (χ0) is 14.5. The second kappa shape index (κ2) is 7.03. The molecular weight excluding hydrogens is 371 g/mol. The van der Waals surface area contributed by atoms with Crippen molar-refractivity contribution in [3.05, 3.63) is 33.4 Å². The Labute approximate surface area is 131 Å². The number of hydrogen-bond acceptors (Lipinski definition) is 3. The maximum Gasteiger partial charge on any atom is 0.249 e. The molecule has 1 saturated heterocycles. The number of carbonyl (C=O) groups excluding carboxylic acids is 2. The van der Waals surface area contributed by atoms with Crippen LogP contribution >= 0.6 is 22.6 Å². The number of nitrogens with one attached hydrogen (secondary N) is 1. The smallest absolute Gasteiger partial charge is 0.249 e. The van der Waals surface area contributed by atoms with Gasteiger partial charge in [0.1, 0.15) is 12.1 Å². The second-order valence-corrected chi connectivity index (χ2v) is 6.04. The number of benzene rings is 1. The van der Waals surface area contributed by atoms with Gasteiger partial charge in [-0.3, -0.25) is 9.59 Å². The molecule has 1 aliphatic heterocycles. The highest BCUT2D eigenvalue weighted by atomic mass is 127. The molecule has 1 aromatic rings. The minimum atomic E-state index is -0.702. The van der Waals surface area contributed by atoms with E-state index in [0.717, 1.165) is 15.6 Å². The predicted octanol–water partition coefficient (Wildman–Crippen LogP) is 0.983. The van der Waals surface area contributed by atoms with Crippen molar-refractivity contribution in [3.63, 3.8) is 0 Å². The minimum absolute atomic E-state index is 0.253. The molecule has 1 aliphatic rings. The molecule has 5 nitrogen and oxygen atoms in total. The zero-order valence-electron chi connectivity index (χ0n) is 11.0. The Morgan fingerprint density at radius 2 is 2.10 bits per heavy atom. The summed E-state index contributed by atoms with van der Waals surface area (Å²) in [6.45, 7) is 0.594. The van der Waals surface area contributed by atoms with Gasteiger partial charge in [-0.1, -0.05) is 12.1 Å². The summed E-state index contributed by atoms with van der Waals surface area (Å²) in [5.74, 6) is -0.785. The average molecular weight is 388 g/mol. The number of rotatable bonds is 5. The van der Waals surface area contributed by atoms with E-state index in [-0.39, 0.29) is 5.91 Å². The van der Waals surface area contributed by atoms with Crippen LogP contribution in [0.3, 0.4) is 0 Å². The van der Waals surface area contributed by atoms with Crippen molar-refractivity contribution in [1.82, 2.24) is 5.32 Å². The monoisotopic (exact) mass is 388 g/mol. The van der Waals surface area contributed by atoms with Crippen LogP contribution in [0.25, 0.3) is 0 Å². The van der Waals surface area contributed by atoms with E-state index in [1.165, 1.54) is 0 Å². The fourth-order valence-corrected chi connectivity index (χ4v) is 2.49. The SMILES string of the molecule is NC(=O)[C@H](Cc1ccc(I)cc1)NC(=O)[C@H]1CCCO1. The zero-order valence-corrected chi connectivity index (χ0v) is 13.1. The number of ether oxygens (including phenoxy) is 1. The van der Waals surface area contributed by atoms with E-state index in [1.54, 1.807) is 0 Å². The Bertz CT molecular complexity index is 484. The van der Waals surface area contributed by atoms with Gasteiger partial charge in [-0.2, -0.15) is 0 Å². The minimum Gasteiger partial charge on any atom is -0.368 e. The van der Waals surface area contributed by atoms with Crippen LogP contribution in [0.15, 0.2) is 24.3 Å². The lowest BCUT2D eigenvalue weighted by molar-refractivity contribution is -0.133. The quantitative estimate of drug-likeness (QED) is 0.739. The maximum atomic E-state index is 12.0. The molecule has 1 fully saturated rings. The maximum absolute atomic E-state index is 12.0. The highest BCUT2D eigenvalue weighted by molar-refractivity contribution is 14.1. The van der Waals surface area contributed by atoms with Crippen LogP contribution in [0.1, 0.15) is 18.4 Å². The number of halogens is 1. The van der Waals surface area contributed by atoms with Crippen LogP contribution in [0.2, 0.25) is 0 Å². The number of amides is 2. The van der Waals surface area contributed by atoms with Gasteiger partial charge < -0.3 is 15.8 Å². The van der Waals surface area contributed by atoms with Crippen molar-refractivity contribution >= 4 is 34.4 Å². The van der Waals surface area contributed by atoms with Gasteiger partial charge in [0.15, 0.2) is 0 Å². The molecule has 0 unspecified atom stereocenters. The standard InChI is InChI=1S/C14H17IN2O3/c15-10-5-3-9(4-6-10)8-11(13(16)18)17-14(19)12-2-1-7-20-12/h3-6,11-12H,1-2,7-8H2,(H2,16,18)(H,17,19)/t11-,12+/m0/s1. The summed E-state index contributed by atoms with van der Waals surface area (Å²) < 4.78 is 6.41. The highest BCUT2D eigenvalue weighted by Crippen LogP contribution is 2.13. The number of nitrogens with two attached hydrogens (primary N) is 1. The molecule has 0 radical (unpaired) electrons. The van der Waals surface area contributed by atoms with Gasteiger partial charge in [-0.25, -0.2) is 0 Å². The summed E-state index contributed by atoms with van der Waals surface area (Å²) in [4.78, 5) is 23.4. The first-order valence-corrected chi connectivity index (χ1v) is 7.60. The normalized spacial score (nSPS) is 19.6. The highest BCUT2D eigenvalue weighted by Gasteiger charge is 2.27. The molecule has 108 valence electrons. The summed E-state index contributed by atoms with van der Waals surface area (Å²) >= 11 is 2.21. The van der Waals surface area contributed by atoms with Crippen molar-refractivity contribution in [3.8, 4) is 0 Å². The molecule has 0 spiro atoms. The van der Waals surface area contributed by atoms with E-state index < -0.39 is 18.1 Å². The lowest BCUT2D eigenvalue weighted by Crippen LogP contribution is -2.49. The summed E-state index contributed by atoms with van der Waals surface area (Å²) in [7, 11) is 0. The number of carbonyl (C=O) groups is 2. The molecule has 0 aliphatic carbocycles. The van der Waals surface area contributed by atoms with Crippen molar-refractivity contribution < 1.29 is 14.3 Å². The Morgan fingerprint density at radius 1 is 1.40 bits per heavy atom. The predicted molar refractivity (Wildman–Crippen MR) is 83.0 cm³/mol. The van der Waals surface area contributed by atoms with E-state index >= 15 is 0 Å². The second-order valence-electron chi connectivity index (χ2n) is 4.80. The molecule has 2 rings (SSSR count). The average Bonchev–Trinajstić information content (AvgIpc) is 2.94. The summed E-state index contributed by atoms with van der Waals surface area (Å²) in [5, 5.41) is 2.68. The molecule has 2 atom stereocenters. The van der Waals surface area contributed by atoms with Crippen LogP contribution in [-0.4, -0.2) is 30.6 Å². The molecule has 0 bridgehead atoms. The van der Waals surface area contributed by atoms with Crippen molar-refractivity contribution in [2.24, 2.45) is 5.73 Å². The van der Waals surface area contributed by atoms with Crippen LogP contribution in [0, 0.1) is 3.57 Å². The van der Waals surface area contributed by atoms with Crippen LogP contribution in [-0.2, 0) is 20.7 Å². The Kier molecular flexibility index (Phi) is 5.36. The van der Waals surface area contributed by atoms with E-state index in [0.29, 0.717) is 19.4 Å². The third-order valence-corrected chi connectivity index (χ3v) is 3.95. The largest absolute Gasteiger partial charge is 0.368 e. The molecule has 0 saturated carbocycles. The first kappa shape index (κ1) is 15.2. The van der Waals surface area contributed by atoms with Crippen LogP contribution < -0.4 is 11.1 Å². The topological polar surface area (TPSA) is 81.4 Å². The van der Waals surface area contributed by atoms with E-state index in [9.17, 15) is 9.59 Å². The summed E-state index contributed by atoms with van der Waals surface area (Å²) in [5.41, 5.74) is 6.33. The first-order valence-electron chi connectivity index (χ1n) is 6.52. The fraction of sp³-hybridized carbons (Fsp3) is 0.429. The van der Waals surface area contributed by atoms with Gasteiger partial charge in [-0.05, 0) is 53.1 Å². The van der Waals surface area contributed by atoms with Gasteiger partial charge in [0, 0.05) is 16.6 Å². The lowest BCUT2D eigenvalue weighted by atomic mass is 10.1. The fourth-order valence-electron chi connectivity index (χ4n) is 2.13. The van der Waals surface area contributed by atoms with Crippen molar-refractivity contribution in [2.75, 3.05) is 6.61 Å². The molecule has 1 heterocycles. The number of primary amides is 1. The summed E-state index contributed by atoms with van der Waals surface area (Å²) in [6, 6.07) is 7.06. The lowest BCUT2D eigenvalue weighted by Gasteiger charge is -2.18. The van der Waals surface area contributed by atoms with Crippen molar-refractivity contribution in [1.29, 1.82) is 0 Å². The van der Waals surface area contributed by atoms with Crippen molar-refractivity contribution in [2.45, 2.75) is 31.4 Å². The van der Waals surface area contributed by atoms with E-state index in [2.05, 4.69) is 27.9 Å². The molecule has 1 aromatic carbocycles. The van der Waals surface area contributed by atoms with E-state index in [1.807, 2.05) is 24.3 Å².